The zero-order valence-electron chi connectivity index (χ0n) is 13.1. The molecule has 0 unspecified atom stereocenters. The molecule has 0 saturated heterocycles. The third kappa shape index (κ3) is 4.33. The normalized spacial score (nSPS) is 10.7. The van der Waals surface area contributed by atoms with Gasteiger partial charge in [-0.25, -0.2) is 4.98 Å². The van der Waals surface area contributed by atoms with Crippen molar-refractivity contribution in [3.8, 4) is 11.3 Å². The maximum atomic E-state index is 8.85. The van der Waals surface area contributed by atoms with Gasteiger partial charge in [-0.3, -0.25) is 10.1 Å². The molecule has 0 saturated carbocycles. The number of hydrogen-bond acceptors (Lipinski definition) is 6. The van der Waals surface area contributed by atoms with Crippen LogP contribution in [0, 0.1) is 0 Å². The fourth-order valence-corrected chi connectivity index (χ4v) is 3.00. The zero-order valence-corrected chi connectivity index (χ0v) is 14.0. The molecular formula is C17H19N5OS. The highest BCUT2D eigenvalue weighted by molar-refractivity contribution is 7.98. The van der Waals surface area contributed by atoms with Crippen molar-refractivity contribution in [1.29, 1.82) is 0 Å². The van der Waals surface area contributed by atoms with Gasteiger partial charge < -0.3 is 10.4 Å². The molecule has 0 spiro atoms. The van der Waals surface area contributed by atoms with E-state index in [4.69, 9.17) is 5.11 Å². The van der Waals surface area contributed by atoms with Crippen molar-refractivity contribution in [2.24, 2.45) is 0 Å². The van der Waals surface area contributed by atoms with Gasteiger partial charge in [-0.15, -0.1) is 0 Å². The zero-order chi connectivity index (χ0) is 16.6. The molecule has 0 aromatic carbocycles. The first-order valence-corrected chi connectivity index (χ1v) is 8.82. The van der Waals surface area contributed by atoms with Gasteiger partial charge in [0.1, 0.15) is 5.82 Å². The van der Waals surface area contributed by atoms with E-state index in [0.717, 1.165) is 34.1 Å². The molecule has 3 aromatic rings. The molecule has 3 heterocycles. The van der Waals surface area contributed by atoms with E-state index in [-0.39, 0.29) is 6.61 Å². The average Bonchev–Trinajstić information content (AvgIpc) is 3.10. The summed E-state index contributed by atoms with van der Waals surface area (Å²) in [5, 5.41) is 19.4. The molecule has 0 amide bonds. The van der Waals surface area contributed by atoms with Gasteiger partial charge in [0.25, 0.3) is 0 Å². The molecule has 3 aromatic heterocycles. The second-order valence-electron chi connectivity index (χ2n) is 5.19. The SMILES string of the molecule is OCCSCc1ccnc(NCc2cn[nH]c2-c2cccnc2)c1. The Hall–Kier alpha value is -2.38. The van der Waals surface area contributed by atoms with E-state index in [1.165, 1.54) is 5.56 Å². The Kier molecular flexibility index (Phi) is 5.81. The second-order valence-corrected chi connectivity index (χ2v) is 6.30. The van der Waals surface area contributed by atoms with Crippen LogP contribution in [0.15, 0.2) is 49.1 Å². The first-order valence-electron chi connectivity index (χ1n) is 7.67. The lowest BCUT2D eigenvalue weighted by Crippen LogP contribution is -2.02. The van der Waals surface area contributed by atoms with Gasteiger partial charge >= 0.3 is 0 Å². The molecule has 24 heavy (non-hydrogen) atoms. The lowest BCUT2D eigenvalue weighted by Gasteiger charge is -2.08. The third-order valence-corrected chi connectivity index (χ3v) is 4.47. The predicted octanol–water partition coefficient (Wildman–Crippen LogP) is 2.70. The maximum Gasteiger partial charge on any atom is 0.126 e. The van der Waals surface area contributed by atoms with E-state index in [9.17, 15) is 0 Å². The molecular weight excluding hydrogens is 322 g/mol. The first kappa shape index (κ1) is 16.5. The van der Waals surface area contributed by atoms with Crippen LogP contribution in [0.3, 0.4) is 0 Å². The molecule has 3 N–H and O–H groups in total. The molecule has 0 aliphatic heterocycles. The summed E-state index contributed by atoms with van der Waals surface area (Å²) >= 11 is 1.70. The Balaban J connectivity index is 1.64. The Labute approximate surface area is 144 Å². The number of nitrogens with zero attached hydrogens (tertiary/aromatic N) is 3. The predicted molar refractivity (Wildman–Crippen MR) is 96.6 cm³/mol. The molecule has 0 atom stereocenters. The first-order chi connectivity index (χ1) is 11.9. The number of H-pyrrole nitrogens is 1. The number of aliphatic hydroxyl groups is 1. The van der Waals surface area contributed by atoms with Gasteiger partial charge in [0.2, 0.25) is 0 Å². The molecule has 0 fully saturated rings. The number of thioether (sulfide) groups is 1. The van der Waals surface area contributed by atoms with Crippen LogP contribution in [0.25, 0.3) is 11.3 Å². The summed E-state index contributed by atoms with van der Waals surface area (Å²) in [6.07, 6.45) is 7.18. The van der Waals surface area contributed by atoms with Crippen molar-refractivity contribution in [2.45, 2.75) is 12.3 Å². The number of hydrogen-bond donors (Lipinski definition) is 3. The van der Waals surface area contributed by atoms with E-state index < -0.39 is 0 Å². The minimum Gasteiger partial charge on any atom is -0.396 e. The third-order valence-electron chi connectivity index (χ3n) is 3.46. The van der Waals surface area contributed by atoms with Crippen LogP contribution in [-0.2, 0) is 12.3 Å². The van der Waals surface area contributed by atoms with Crippen LogP contribution in [0.2, 0.25) is 0 Å². The Morgan fingerprint density at radius 3 is 3.00 bits per heavy atom. The summed E-state index contributed by atoms with van der Waals surface area (Å²) < 4.78 is 0. The fraction of sp³-hybridized carbons (Fsp3) is 0.235. The van der Waals surface area contributed by atoms with E-state index >= 15 is 0 Å². The fourth-order valence-electron chi connectivity index (χ4n) is 2.31. The van der Waals surface area contributed by atoms with Crippen LogP contribution < -0.4 is 5.32 Å². The molecule has 0 aliphatic carbocycles. The van der Waals surface area contributed by atoms with Gasteiger partial charge in [0.15, 0.2) is 0 Å². The summed E-state index contributed by atoms with van der Waals surface area (Å²) in [7, 11) is 0. The van der Waals surface area contributed by atoms with Crippen molar-refractivity contribution in [3.63, 3.8) is 0 Å². The van der Waals surface area contributed by atoms with Crippen molar-refractivity contribution in [2.75, 3.05) is 17.7 Å². The number of rotatable bonds is 8. The lowest BCUT2D eigenvalue weighted by atomic mass is 10.1. The molecule has 3 rings (SSSR count). The van der Waals surface area contributed by atoms with E-state index in [1.54, 1.807) is 24.2 Å². The van der Waals surface area contributed by atoms with Crippen LogP contribution in [0.4, 0.5) is 5.82 Å². The van der Waals surface area contributed by atoms with E-state index in [1.807, 2.05) is 36.7 Å². The average molecular weight is 341 g/mol. The smallest absolute Gasteiger partial charge is 0.126 e. The Morgan fingerprint density at radius 2 is 2.17 bits per heavy atom. The lowest BCUT2D eigenvalue weighted by molar-refractivity contribution is 0.322. The highest BCUT2D eigenvalue weighted by Gasteiger charge is 2.08. The summed E-state index contributed by atoms with van der Waals surface area (Å²) in [5.41, 5.74) is 4.22. The monoisotopic (exact) mass is 341 g/mol. The quantitative estimate of drug-likeness (QED) is 0.546. The van der Waals surface area contributed by atoms with Crippen LogP contribution in [0.5, 0.6) is 0 Å². The summed E-state index contributed by atoms with van der Waals surface area (Å²) in [5.74, 6) is 2.44. The van der Waals surface area contributed by atoms with E-state index in [2.05, 4.69) is 25.5 Å². The van der Waals surface area contributed by atoms with Gasteiger partial charge in [-0.2, -0.15) is 16.9 Å². The van der Waals surface area contributed by atoms with Crippen molar-refractivity contribution >= 4 is 17.6 Å². The molecule has 6 nitrogen and oxygen atoms in total. The minimum atomic E-state index is 0.207. The van der Waals surface area contributed by atoms with Crippen LogP contribution >= 0.6 is 11.8 Å². The maximum absolute atomic E-state index is 8.85. The van der Waals surface area contributed by atoms with Crippen molar-refractivity contribution in [3.05, 3.63) is 60.2 Å². The highest BCUT2D eigenvalue weighted by Crippen LogP contribution is 2.21. The van der Waals surface area contributed by atoms with E-state index in [0.29, 0.717) is 6.54 Å². The Morgan fingerprint density at radius 1 is 1.21 bits per heavy atom. The minimum absolute atomic E-state index is 0.207. The van der Waals surface area contributed by atoms with Gasteiger partial charge in [-0.1, -0.05) is 0 Å². The number of aromatic nitrogens is 4. The summed E-state index contributed by atoms with van der Waals surface area (Å²) in [6.45, 7) is 0.833. The van der Waals surface area contributed by atoms with Crippen molar-refractivity contribution in [1.82, 2.24) is 20.2 Å². The molecule has 0 bridgehead atoms. The van der Waals surface area contributed by atoms with Crippen LogP contribution in [-0.4, -0.2) is 37.6 Å². The highest BCUT2D eigenvalue weighted by atomic mass is 32.2. The molecule has 0 aliphatic rings. The molecule has 7 heteroatoms. The largest absolute Gasteiger partial charge is 0.396 e. The summed E-state index contributed by atoms with van der Waals surface area (Å²) in [4.78, 5) is 8.50. The van der Waals surface area contributed by atoms with Crippen molar-refractivity contribution < 1.29 is 5.11 Å². The van der Waals surface area contributed by atoms with Gasteiger partial charge in [-0.05, 0) is 29.8 Å². The summed E-state index contributed by atoms with van der Waals surface area (Å²) in [6, 6.07) is 7.94. The number of nitrogens with one attached hydrogen (secondary N) is 2. The molecule has 124 valence electrons. The number of aromatic amines is 1. The topological polar surface area (TPSA) is 86.7 Å². The Bertz CT molecular complexity index is 762. The number of anilines is 1. The second kappa shape index (κ2) is 8.47. The number of pyridine rings is 2. The molecule has 0 radical (unpaired) electrons. The van der Waals surface area contributed by atoms with Crippen LogP contribution in [0.1, 0.15) is 11.1 Å². The number of aliphatic hydroxyl groups excluding tert-OH is 1. The van der Waals surface area contributed by atoms with Gasteiger partial charge in [0.05, 0.1) is 18.5 Å². The standard InChI is InChI=1S/C17H19N5OS/c23-6-7-24-12-13-3-5-19-16(8-13)20-10-15-11-21-22-17(15)14-2-1-4-18-9-14/h1-5,8-9,11,23H,6-7,10,12H2,(H,19,20)(H,21,22). The van der Waals surface area contributed by atoms with Gasteiger partial charge in [0, 0.05) is 47.8 Å².